The highest BCUT2D eigenvalue weighted by molar-refractivity contribution is 9.10. The maximum atomic E-state index is 12.6. The monoisotopic (exact) mass is 410 g/mol. The van der Waals surface area contributed by atoms with Crippen molar-refractivity contribution in [3.8, 4) is 0 Å². The van der Waals surface area contributed by atoms with Gasteiger partial charge in [-0.05, 0) is 41.7 Å². The van der Waals surface area contributed by atoms with Crippen molar-refractivity contribution in [1.29, 1.82) is 0 Å². The summed E-state index contributed by atoms with van der Waals surface area (Å²) in [5, 5.41) is 0.841. The number of benzene rings is 2. The minimum atomic E-state index is -0.0357. The number of carbonyl (C=O) groups is 1. The van der Waals surface area contributed by atoms with Gasteiger partial charge in [0.05, 0.1) is 17.5 Å². The molecule has 0 N–H and O–H groups in total. The first-order valence-electron chi connectivity index (χ1n) is 8.33. The quantitative estimate of drug-likeness (QED) is 0.676. The lowest BCUT2D eigenvalue weighted by Gasteiger charge is -2.37. The van der Waals surface area contributed by atoms with Crippen LogP contribution in [0.3, 0.4) is 0 Å². The third-order valence-corrected chi connectivity index (χ3v) is 6.49. The van der Waals surface area contributed by atoms with Gasteiger partial charge in [-0.1, -0.05) is 64.1 Å². The molecule has 0 aromatic heterocycles. The number of hydrogen-bond acceptors (Lipinski definition) is 3. The molecule has 0 spiro atoms. The predicted molar refractivity (Wildman–Crippen MR) is 105 cm³/mol. The highest BCUT2D eigenvalue weighted by Gasteiger charge is 2.42. The van der Waals surface area contributed by atoms with Crippen LogP contribution < -0.4 is 0 Å². The molecule has 3 aliphatic rings. The molecule has 2 aromatic rings. The average Bonchev–Trinajstić information content (AvgIpc) is 3.01. The van der Waals surface area contributed by atoms with Gasteiger partial charge in [-0.15, -0.1) is 0 Å². The number of nitrogens with zero attached hydrogens (tertiary/aromatic N) is 2. The lowest BCUT2D eigenvalue weighted by molar-refractivity contribution is -0.125. The molecule has 5 heteroatoms. The third kappa shape index (κ3) is 2.41. The van der Waals surface area contributed by atoms with Crippen molar-refractivity contribution in [3.05, 3.63) is 75.3 Å². The second-order valence-electron chi connectivity index (χ2n) is 6.43. The molecule has 1 saturated heterocycles. The van der Waals surface area contributed by atoms with E-state index in [-0.39, 0.29) is 11.9 Å². The molecule has 0 radical (unpaired) electrons. The number of amidine groups is 1. The van der Waals surface area contributed by atoms with E-state index in [1.54, 1.807) is 11.8 Å². The molecule has 0 saturated carbocycles. The molecule has 2 aliphatic heterocycles. The summed E-state index contributed by atoms with van der Waals surface area (Å²) in [6, 6.07) is 16.8. The molecule has 25 heavy (non-hydrogen) atoms. The number of rotatable bonds is 1. The van der Waals surface area contributed by atoms with E-state index in [9.17, 15) is 4.79 Å². The SMILES string of the molecule is O=C1CSC2=NC3=C(CCc4ccccc43)[C@H](c3ccc(Br)cc3)N12. The number of thioether (sulfide) groups is 1. The average molecular weight is 411 g/mol. The van der Waals surface area contributed by atoms with Gasteiger partial charge in [0.2, 0.25) is 5.91 Å². The van der Waals surface area contributed by atoms with Crippen molar-refractivity contribution >= 4 is 44.5 Å². The number of amides is 1. The predicted octanol–water partition coefficient (Wildman–Crippen LogP) is 4.79. The van der Waals surface area contributed by atoms with Gasteiger partial charge >= 0.3 is 0 Å². The lowest BCUT2D eigenvalue weighted by Crippen LogP contribution is -2.38. The number of hydrogen-bond donors (Lipinski definition) is 0. The van der Waals surface area contributed by atoms with Gasteiger partial charge < -0.3 is 0 Å². The number of halogens is 1. The summed E-state index contributed by atoms with van der Waals surface area (Å²) in [4.78, 5) is 19.4. The van der Waals surface area contributed by atoms with Crippen LogP contribution in [-0.2, 0) is 11.2 Å². The number of aliphatic imine (C=N–C) groups is 1. The second-order valence-corrected chi connectivity index (χ2v) is 8.29. The third-order valence-electron chi connectivity index (χ3n) is 5.02. The Hall–Kier alpha value is -1.85. The van der Waals surface area contributed by atoms with Crippen molar-refractivity contribution in [1.82, 2.24) is 4.90 Å². The van der Waals surface area contributed by atoms with Crippen molar-refractivity contribution in [2.24, 2.45) is 4.99 Å². The maximum absolute atomic E-state index is 12.6. The topological polar surface area (TPSA) is 32.7 Å². The molecule has 0 bridgehead atoms. The molecule has 3 nitrogen and oxygen atoms in total. The lowest BCUT2D eigenvalue weighted by atomic mass is 9.82. The van der Waals surface area contributed by atoms with Crippen molar-refractivity contribution in [3.63, 3.8) is 0 Å². The van der Waals surface area contributed by atoms with Gasteiger partial charge in [0.15, 0.2) is 5.17 Å². The Labute approximate surface area is 159 Å². The van der Waals surface area contributed by atoms with Crippen LogP contribution in [0.1, 0.15) is 29.2 Å². The zero-order valence-corrected chi connectivity index (χ0v) is 15.8. The Morgan fingerprint density at radius 1 is 1.08 bits per heavy atom. The van der Waals surface area contributed by atoms with E-state index in [0.29, 0.717) is 5.75 Å². The van der Waals surface area contributed by atoms with Crippen LogP contribution in [0.5, 0.6) is 0 Å². The molecular weight excluding hydrogens is 396 g/mol. The molecule has 1 aliphatic carbocycles. The number of fused-ring (bicyclic) bond motifs is 3. The van der Waals surface area contributed by atoms with E-state index in [4.69, 9.17) is 4.99 Å². The maximum Gasteiger partial charge on any atom is 0.239 e. The molecular formula is C20H15BrN2OS. The van der Waals surface area contributed by atoms with Crippen LogP contribution in [0.15, 0.2) is 63.6 Å². The smallest absolute Gasteiger partial charge is 0.239 e. The van der Waals surface area contributed by atoms with E-state index in [1.807, 2.05) is 17.0 Å². The van der Waals surface area contributed by atoms with E-state index in [0.717, 1.165) is 33.7 Å². The summed E-state index contributed by atoms with van der Waals surface area (Å²) in [6.45, 7) is 0. The second kappa shape index (κ2) is 5.85. The van der Waals surface area contributed by atoms with Gasteiger partial charge in [-0.3, -0.25) is 9.69 Å². The molecule has 1 fully saturated rings. The Bertz CT molecular complexity index is 948. The van der Waals surface area contributed by atoms with Crippen LogP contribution >= 0.6 is 27.7 Å². The Morgan fingerprint density at radius 2 is 1.88 bits per heavy atom. The fourth-order valence-electron chi connectivity index (χ4n) is 3.89. The summed E-state index contributed by atoms with van der Waals surface area (Å²) in [6.07, 6.45) is 1.94. The first kappa shape index (κ1) is 15.4. The molecule has 5 rings (SSSR count). The first-order chi connectivity index (χ1) is 12.2. The molecule has 2 aromatic carbocycles. The van der Waals surface area contributed by atoms with Gasteiger partial charge in [-0.25, -0.2) is 4.99 Å². The summed E-state index contributed by atoms with van der Waals surface area (Å²) in [5.41, 5.74) is 6.06. The Morgan fingerprint density at radius 3 is 2.72 bits per heavy atom. The molecule has 1 atom stereocenters. The zero-order valence-electron chi connectivity index (χ0n) is 13.4. The van der Waals surface area contributed by atoms with Crippen LogP contribution in [0.25, 0.3) is 5.70 Å². The molecule has 2 heterocycles. The van der Waals surface area contributed by atoms with Crippen LogP contribution in [0.4, 0.5) is 0 Å². The van der Waals surface area contributed by atoms with E-state index in [2.05, 4.69) is 52.3 Å². The molecule has 1 amide bonds. The highest BCUT2D eigenvalue weighted by Crippen LogP contribution is 2.47. The zero-order chi connectivity index (χ0) is 17.0. The normalized spacial score (nSPS) is 21.6. The van der Waals surface area contributed by atoms with Gasteiger partial charge in [0.1, 0.15) is 0 Å². The Kier molecular flexibility index (Phi) is 3.61. The minimum Gasteiger partial charge on any atom is -0.279 e. The van der Waals surface area contributed by atoms with E-state index >= 15 is 0 Å². The standard InChI is InChI=1S/C20H15BrN2OS/c21-14-8-5-13(6-9-14)19-16-10-7-12-3-1-2-4-15(12)18(16)22-20-23(19)17(24)11-25-20/h1-6,8-9,19H,7,10-11H2/t19-/m0/s1. The largest absolute Gasteiger partial charge is 0.279 e. The minimum absolute atomic E-state index is 0.0357. The van der Waals surface area contributed by atoms with Gasteiger partial charge in [0, 0.05) is 10.0 Å². The first-order valence-corrected chi connectivity index (χ1v) is 10.1. The van der Waals surface area contributed by atoms with Crippen molar-refractivity contribution in [2.75, 3.05) is 5.75 Å². The Balaban J connectivity index is 1.73. The van der Waals surface area contributed by atoms with Crippen molar-refractivity contribution < 1.29 is 4.79 Å². The number of carbonyl (C=O) groups excluding carboxylic acids is 1. The summed E-state index contributed by atoms with van der Waals surface area (Å²) in [5.74, 6) is 0.635. The van der Waals surface area contributed by atoms with Gasteiger partial charge in [0.25, 0.3) is 0 Å². The summed E-state index contributed by atoms with van der Waals surface area (Å²) < 4.78 is 1.05. The van der Waals surface area contributed by atoms with Crippen LogP contribution in [0.2, 0.25) is 0 Å². The van der Waals surface area contributed by atoms with E-state index in [1.165, 1.54) is 16.7 Å². The van der Waals surface area contributed by atoms with Gasteiger partial charge in [-0.2, -0.15) is 0 Å². The van der Waals surface area contributed by atoms with Crippen LogP contribution in [0, 0.1) is 0 Å². The van der Waals surface area contributed by atoms with Crippen molar-refractivity contribution in [2.45, 2.75) is 18.9 Å². The fourth-order valence-corrected chi connectivity index (χ4v) is 5.05. The highest BCUT2D eigenvalue weighted by atomic mass is 79.9. The fraction of sp³-hybridized carbons (Fsp3) is 0.200. The molecule has 124 valence electrons. The van der Waals surface area contributed by atoms with E-state index < -0.39 is 0 Å². The summed E-state index contributed by atoms with van der Waals surface area (Å²) in [7, 11) is 0. The van der Waals surface area contributed by atoms with Crippen LogP contribution in [-0.4, -0.2) is 21.7 Å². The number of aryl methyl sites for hydroxylation is 1. The molecule has 0 unspecified atom stereocenters. The summed E-state index contributed by atoms with van der Waals surface area (Å²) >= 11 is 5.06.